The van der Waals surface area contributed by atoms with Gasteiger partial charge in [0.15, 0.2) is 28.8 Å². The van der Waals surface area contributed by atoms with Crippen molar-refractivity contribution in [2.24, 2.45) is 11.8 Å². The van der Waals surface area contributed by atoms with Crippen LogP contribution in [-0.4, -0.2) is 43.4 Å². The third-order valence-corrected chi connectivity index (χ3v) is 4.74. The van der Waals surface area contributed by atoms with E-state index in [2.05, 4.69) is 0 Å². The van der Waals surface area contributed by atoms with E-state index in [1.165, 1.54) is 20.3 Å². The molecule has 1 saturated heterocycles. The highest BCUT2D eigenvalue weighted by Crippen LogP contribution is 2.33. The Hall–Kier alpha value is -2.73. The molecule has 1 aliphatic rings. The van der Waals surface area contributed by atoms with Crippen LogP contribution >= 0.6 is 0 Å². The van der Waals surface area contributed by atoms with E-state index in [1.807, 2.05) is 6.07 Å². The molecule has 3 rings (SSSR count). The number of aromatic hydroxyl groups is 2. The Morgan fingerprint density at radius 2 is 1.69 bits per heavy atom. The van der Waals surface area contributed by atoms with Crippen LogP contribution < -0.4 is 9.47 Å². The number of benzene rings is 2. The molecule has 2 N–H and O–H groups in total. The smallest absolute Gasteiger partial charge is 0.168 e. The Bertz CT molecular complexity index is 801. The molecule has 26 heavy (non-hydrogen) atoms. The quantitative estimate of drug-likeness (QED) is 0.773. The van der Waals surface area contributed by atoms with Crippen molar-refractivity contribution >= 4 is 5.78 Å². The number of hydrogen-bond donors (Lipinski definition) is 2. The molecule has 6 nitrogen and oxygen atoms in total. The number of methoxy groups -OCH3 is 2. The van der Waals surface area contributed by atoms with Gasteiger partial charge in [-0.15, -0.1) is 0 Å². The first-order valence-corrected chi connectivity index (χ1v) is 8.38. The molecule has 2 aromatic carbocycles. The summed E-state index contributed by atoms with van der Waals surface area (Å²) in [6.07, 6.45) is 0.641. The standard InChI is InChI=1S/C20H22O6/c1-24-18-8-12(3-5-16(18)21)7-14-10-26-11-15(14)20(23)13-4-6-17(22)19(9-13)25-2/h3-6,8-9,14-15,21-22H,7,10-11H2,1-2H3/t14-,15-/m0/s1. The van der Waals surface area contributed by atoms with Gasteiger partial charge in [0.05, 0.1) is 33.4 Å². The van der Waals surface area contributed by atoms with Crippen molar-refractivity contribution in [1.82, 2.24) is 0 Å². The minimum atomic E-state index is -0.274. The lowest BCUT2D eigenvalue weighted by molar-refractivity contribution is 0.0884. The van der Waals surface area contributed by atoms with Crippen molar-refractivity contribution < 1.29 is 29.2 Å². The van der Waals surface area contributed by atoms with Crippen molar-refractivity contribution in [2.75, 3.05) is 27.4 Å². The molecule has 1 heterocycles. The fourth-order valence-electron chi connectivity index (χ4n) is 3.29. The highest BCUT2D eigenvalue weighted by Gasteiger charge is 2.34. The van der Waals surface area contributed by atoms with E-state index in [4.69, 9.17) is 14.2 Å². The van der Waals surface area contributed by atoms with E-state index < -0.39 is 0 Å². The molecule has 0 saturated carbocycles. The molecule has 0 radical (unpaired) electrons. The maximum absolute atomic E-state index is 12.9. The van der Waals surface area contributed by atoms with Gasteiger partial charge in [0, 0.05) is 5.56 Å². The van der Waals surface area contributed by atoms with Crippen LogP contribution in [0.5, 0.6) is 23.0 Å². The molecule has 1 aliphatic heterocycles. The lowest BCUT2D eigenvalue weighted by Gasteiger charge is -2.18. The van der Waals surface area contributed by atoms with Crippen LogP contribution in [0.3, 0.4) is 0 Å². The van der Waals surface area contributed by atoms with Gasteiger partial charge in [-0.1, -0.05) is 6.07 Å². The maximum Gasteiger partial charge on any atom is 0.168 e. The van der Waals surface area contributed by atoms with E-state index in [9.17, 15) is 15.0 Å². The minimum absolute atomic E-state index is 0.000500. The molecule has 138 valence electrons. The lowest BCUT2D eigenvalue weighted by atomic mass is 9.84. The van der Waals surface area contributed by atoms with Crippen molar-refractivity contribution in [1.29, 1.82) is 0 Å². The van der Waals surface area contributed by atoms with E-state index in [-0.39, 0.29) is 34.9 Å². The fraction of sp³-hybridized carbons (Fsp3) is 0.350. The second kappa shape index (κ2) is 7.66. The second-order valence-electron chi connectivity index (χ2n) is 6.37. The maximum atomic E-state index is 12.9. The van der Waals surface area contributed by atoms with Gasteiger partial charge >= 0.3 is 0 Å². The summed E-state index contributed by atoms with van der Waals surface area (Å²) in [6.45, 7) is 0.858. The van der Waals surface area contributed by atoms with Crippen LogP contribution in [0.2, 0.25) is 0 Å². The summed E-state index contributed by atoms with van der Waals surface area (Å²) < 4.78 is 15.8. The number of rotatable bonds is 6. The van der Waals surface area contributed by atoms with Crippen LogP contribution in [0.15, 0.2) is 36.4 Å². The lowest BCUT2D eigenvalue weighted by Crippen LogP contribution is -2.24. The van der Waals surface area contributed by atoms with Crippen LogP contribution in [0.25, 0.3) is 0 Å². The van der Waals surface area contributed by atoms with Gasteiger partial charge in [0.2, 0.25) is 0 Å². The molecule has 0 amide bonds. The summed E-state index contributed by atoms with van der Waals surface area (Å²) >= 11 is 0. The number of ether oxygens (including phenoxy) is 3. The molecule has 0 unspecified atom stereocenters. The first-order valence-electron chi connectivity index (χ1n) is 8.38. The normalized spacial score (nSPS) is 19.3. The number of carbonyl (C=O) groups is 1. The summed E-state index contributed by atoms with van der Waals surface area (Å²) in [7, 11) is 2.95. The Morgan fingerprint density at radius 1 is 1.04 bits per heavy atom. The third-order valence-electron chi connectivity index (χ3n) is 4.74. The molecule has 0 aliphatic carbocycles. The van der Waals surface area contributed by atoms with E-state index in [0.717, 1.165) is 5.56 Å². The van der Waals surface area contributed by atoms with Crippen molar-refractivity contribution in [2.45, 2.75) is 6.42 Å². The molecule has 0 spiro atoms. The number of Topliss-reactive ketones (excluding diaryl/α,β-unsaturated/α-hetero) is 1. The third kappa shape index (κ3) is 3.60. The zero-order chi connectivity index (χ0) is 18.7. The van der Waals surface area contributed by atoms with Crippen molar-refractivity contribution in [3.05, 3.63) is 47.5 Å². The Kier molecular flexibility index (Phi) is 5.32. The van der Waals surface area contributed by atoms with Crippen molar-refractivity contribution in [3.8, 4) is 23.0 Å². The molecular weight excluding hydrogens is 336 g/mol. The second-order valence-corrected chi connectivity index (χ2v) is 6.37. The molecule has 0 bridgehead atoms. The van der Waals surface area contributed by atoms with Gasteiger partial charge in [-0.2, -0.15) is 0 Å². The molecule has 1 fully saturated rings. The van der Waals surface area contributed by atoms with Gasteiger partial charge in [0.1, 0.15) is 0 Å². The van der Waals surface area contributed by atoms with E-state index >= 15 is 0 Å². The average Bonchev–Trinajstić information content (AvgIpc) is 3.11. The number of hydrogen-bond acceptors (Lipinski definition) is 6. The number of ketones is 1. The van der Waals surface area contributed by atoms with Gasteiger partial charge in [-0.25, -0.2) is 0 Å². The molecular formula is C20H22O6. The largest absolute Gasteiger partial charge is 0.504 e. The summed E-state index contributed by atoms with van der Waals surface area (Å²) in [5, 5.41) is 19.4. The monoisotopic (exact) mass is 358 g/mol. The predicted molar refractivity (Wildman–Crippen MR) is 95.2 cm³/mol. The Labute approximate surface area is 151 Å². The summed E-state index contributed by atoms with van der Waals surface area (Å²) in [5.74, 6) is 0.487. The molecule has 6 heteroatoms. The number of phenols is 2. The van der Waals surface area contributed by atoms with Crippen LogP contribution in [0.4, 0.5) is 0 Å². The number of carbonyl (C=O) groups excluding carboxylic acids is 1. The highest BCUT2D eigenvalue weighted by molar-refractivity contribution is 5.98. The van der Waals surface area contributed by atoms with Crippen LogP contribution in [-0.2, 0) is 11.2 Å². The highest BCUT2D eigenvalue weighted by atomic mass is 16.5. The zero-order valence-corrected chi connectivity index (χ0v) is 14.8. The zero-order valence-electron chi connectivity index (χ0n) is 14.8. The predicted octanol–water partition coefficient (Wildman–Crippen LogP) is 2.80. The van der Waals surface area contributed by atoms with Gasteiger partial charge in [-0.3, -0.25) is 4.79 Å². The van der Waals surface area contributed by atoms with Gasteiger partial charge in [-0.05, 0) is 48.2 Å². The molecule has 2 atom stereocenters. The van der Waals surface area contributed by atoms with E-state index in [1.54, 1.807) is 24.3 Å². The summed E-state index contributed by atoms with van der Waals surface area (Å²) in [4.78, 5) is 12.9. The Morgan fingerprint density at radius 3 is 2.38 bits per heavy atom. The van der Waals surface area contributed by atoms with Gasteiger partial charge < -0.3 is 24.4 Å². The Balaban J connectivity index is 1.78. The van der Waals surface area contributed by atoms with Crippen molar-refractivity contribution in [3.63, 3.8) is 0 Å². The first-order chi connectivity index (χ1) is 12.5. The van der Waals surface area contributed by atoms with Crippen LogP contribution in [0, 0.1) is 11.8 Å². The van der Waals surface area contributed by atoms with Crippen LogP contribution in [0.1, 0.15) is 15.9 Å². The minimum Gasteiger partial charge on any atom is -0.504 e. The number of phenolic OH excluding ortho intramolecular Hbond substituents is 2. The van der Waals surface area contributed by atoms with E-state index in [0.29, 0.717) is 30.9 Å². The average molecular weight is 358 g/mol. The molecule has 0 aromatic heterocycles. The fourth-order valence-corrected chi connectivity index (χ4v) is 3.29. The summed E-state index contributed by atoms with van der Waals surface area (Å²) in [5.41, 5.74) is 1.46. The first kappa shape index (κ1) is 18.1. The SMILES string of the molecule is COc1cc(C[C@H]2COC[C@@H]2C(=O)c2ccc(O)c(OC)c2)ccc1O. The summed E-state index contributed by atoms with van der Waals surface area (Å²) in [6, 6.07) is 9.79. The van der Waals surface area contributed by atoms with Gasteiger partial charge in [0.25, 0.3) is 0 Å². The topological polar surface area (TPSA) is 85.2 Å². The molecule has 2 aromatic rings.